The number of nitrogens with two attached hydrogens (primary N) is 1. The van der Waals surface area contributed by atoms with E-state index in [0.29, 0.717) is 18.0 Å². The van der Waals surface area contributed by atoms with Crippen molar-refractivity contribution in [2.75, 3.05) is 19.6 Å². The van der Waals surface area contributed by atoms with Gasteiger partial charge in [0, 0.05) is 24.2 Å². The lowest BCUT2D eigenvalue weighted by atomic mass is 10.1. The topological polar surface area (TPSA) is 59.2 Å². The maximum Gasteiger partial charge on any atom is 0.256 e. The Kier molecular flexibility index (Phi) is 3.40. The van der Waals surface area contributed by atoms with Crippen LogP contribution >= 0.6 is 0 Å². The molecule has 0 unspecified atom stereocenters. The standard InChI is InChI=1S/C16H19N3O/c1-11-5-6-13-3-2-4-14(15(13)18-11)16(20)19-8-7-12(9-17)10-19/h2-6,12H,7-10,17H2,1H3/t12-/m0/s1. The molecule has 4 heteroatoms. The third-order valence-corrected chi connectivity index (χ3v) is 4.00. The number of para-hydroxylation sites is 1. The second-order valence-corrected chi connectivity index (χ2v) is 5.47. The highest BCUT2D eigenvalue weighted by Gasteiger charge is 2.27. The maximum atomic E-state index is 12.7. The molecule has 0 saturated carbocycles. The number of amides is 1. The number of aromatic nitrogens is 1. The summed E-state index contributed by atoms with van der Waals surface area (Å²) in [6.45, 7) is 4.15. The molecule has 0 radical (unpaired) electrons. The molecule has 20 heavy (non-hydrogen) atoms. The molecule has 3 rings (SSSR count). The molecule has 1 amide bonds. The van der Waals surface area contributed by atoms with E-state index < -0.39 is 0 Å². The quantitative estimate of drug-likeness (QED) is 0.906. The van der Waals surface area contributed by atoms with E-state index in [4.69, 9.17) is 5.73 Å². The summed E-state index contributed by atoms with van der Waals surface area (Å²) in [5, 5.41) is 1.01. The Balaban J connectivity index is 1.97. The van der Waals surface area contributed by atoms with Crippen molar-refractivity contribution in [3.8, 4) is 0 Å². The second-order valence-electron chi connectivity index (χ2n) is 5.47. The highest BCUT2D eigenvalue weighted by molar-refractivity contribution is 6.05. The van der Waals surface area contributed by atoms with Gasteiger partial charge in [0.2, 0.25) is 0 Å². The summed E-state index contributed by atoms with van der Waals surface area (Å²) in [6.07, 6.45) is 0.999. The average Bonchev–Trinajstić information content (AvgIpc) is 2.94. The zero-order chi connectivity index (χ0) is 14.1. The van der Waals surface area contributed by atoms with Gasteiger partial charge in [0.1, 0.15) is 0 Å². The van der Waals surface area contributed by atoms with E-state index in [1.807, 2.05) is 42.2 Å². The van der Waals surface area contributed by atoms with Gasteiger partial charge in [-0.05, 0) is 37.9 Å². The van der Waals surface area contributed by atoms with Gasteiger partial charge in [0.05, 0.1) is 11.1 Å². The van der Waals surface area contributed by atoms with E-state index in [9.17, 15) is 4.79 Å². The normalized spacial score (nSPS) is 18.7. The van der Waals surface area contributed by atoms with Crippen LogP contribution in [0.25, 0.3) is 10.9 Å². The van der Waals surface area contributed by atoms with Gasteiger partial charge < -0.3 is 10.6 Å². The zero-order valence-electron chi connectivity index (χ0n) is 11.7. The minimum Gasteiger partial charge on any atom is -0.338 e. The third-order valence-electron chi connectivity index (χ3n) is 4.00. The summed E-state index contributed by atoms with van der Waals surface area (Å²) in [4.78, 5) is 19.1. The van der Waals surface area contributed by atoms with Crippen LogP contribution in [-0.2, 0) is 0 Å². The zero-order valence-corrected chi connectivity index (χ0v) is 11.7. The summed E-state index contributed by atoms with van der Waals surface area (Å²) >= 11 is 0. The smallest absolute Gasteiger partial charge is 0.256 e. The number of carbonyl (C=O) groups is 1. The number of carbonyl (C=O) groups excluding carboxylic acids is 1. The molecule has 1 atom stereocenters. The fourth-order valence-electron chi connectivity index (χ4n) is 2.80. The van der Waals surface area contributed by atoms with Crippen molar-refractivity contribution < 1.29 is 4.79 Å². The molecule has 2 aromatic rings. The van der Waals surface area contributed by atoms with Crippen molar-refractivity contribution in [1.29, 1.82) is 0 Å². The van der Waals surface area contributed by atoms with Crippen LogP contribution in [0.1, 0.15) is 22.5 Å². The monoisotopic (exact) mass is 269 g/mol. The molecule has 104 valence electrons. The summed E-state index contributed by atoms with van der Waals surface area (Å²) in [5.74, 6) is 0.508. The van der Waals surface area contributed by atoms with E-state index >= 15 is 0 Å². The largest absolute Gasteiger partial charge is 0.338 e. The second kappa shape index (κ2) is 5.21. The van der Waals surface area contributed by atoms with Crippen LogP contribution in [-0.4, -0.2) is 35.4 Å². The number of fused-ring (bicyclic) bond motifs is 1. The highest BCUT2D eigenvalue weighted by Crippen LogP contribution is 2.22. The fourth-order valence-corrected chi connectivity index (χ4v) is 2.80. The Bertz CT molecular complexity index is 653. The van der Waals surface area contributed by atoms with Gasteiger partial charge in [-0.3, -0.25) is 9.78 Å². The van der Waals surface area contributed by atoms with Gasteiger partial charge in [-0.25, -0.2) is 0 Å². The lowest BCUT2D eigenvalue weighted by Crippen LogP contribution is -2.30. The van der Waals surface area contributed by atoms with E-state index in [1.54, 1.807) is 0 Å². The van der Waals surface area contributed by atoms with Gasteiger partial charge in [0.15, 0.2) is 0 Å². The van der Waals surface area contributed by atoms with Crippen LogP contribution in [0.4, 0.5) is 0 Å². The average molecular weight is 269 g/mol. The van der Waals surface area contributed by atoms with Crippen molar-refractivity contribution in [1.82, 2.24) is 9.88 Å². The number of benzene rings is 1. The van der Waals surface area contributed by atoms with Gasteiger partial charge >= 0.3 is 0 Å². The van der Waals surface area contributed by atoms with Crippen molar-refractivity contribution >= 4 is 16.8 Å². The number of aryl methyl sites for hydroxylation is 1. The van der Waals surface area contributed by atoms with Gasteiger partial charge in [-0.15, -0.1) is 0 Å². The Labute approximate surface area is 118 Å². The van der Waals surface area contributed by atoms with Crippen molar-refractivity contribution in [3.63, 3.8) is 0 Å². The molecule has 1 saturated heterocycles. The first-order chi connectivity index (χ1) is 9.69. The predicted octanol–water partition coefficient (Wildman–Crippen LogP) is 1.96. The number of nitrogens with zero attached hydrogens (tertiary/aromatic N) is 2. The number of rotatable bonds is 2. The van der Waals surface area contributed by atoms with E-state index in [0.717, 1.165) is 36.1 Å². The summed E-state index contributed by atoms with van der Waals surface area (Å²) < 4.78 is 0. The first-order valence-corrected chi connectivity index (χ1v) is 7.05. The Morgan fingerprint density at radius 2 is 2.25 bits per heavy atom. The van der Waals surface area contributed by atoms with E-state index in [1.165, 1.54) is 0 Å². The van der Waals surface area contributed by atoms with Gasteiger partial charge in [0.25, 0.3) is 5.91 Å². The van der Waals surface area contributed by atoms with Crippen molar-refractivity contribution in [3.05, 3.63) is 41.6 Å². The van der Waals surface area contributed by atoms with Crippen LogP contribution in [0.2, 0.25) is 0 Å². The third kappa shape index (κ3) is 2.27. The van der Waals surface area contributed by atoms with Crippen LogP contribution in [0.5, 0.6) is 0 Å². The van der Waals surface area contributed by atoms with E-state index in [-0.39, 0.29) is 5.91 Å². The van der Waals surface area contributed by atoms with E-state index in [2.05, 4.69) is 4.98 Å². The number of pyridine rings is 1. The lowest BCUT2D eigenvalue weighted by Gasteiger charge is -2.17. The molecule has 0 spiro atoms. The molecular weight excluding hydrogens is 250 g/mol. The molecule has 1 aliphatic heterocycles. The first-order valence-electron chi connectivity index (χ1n) is 7.05. The van der Waals surface area contributed by atoms with Gasteiger partial charge in [-0.1, -0.05) is 18.2 Å². The summed E-state index contributed by atoms with van der Waals surface area (Å²) in [7, 11) is 0. The van der Waals surface area contributed by atoms with Crippen LogP contribution in [0.3, 0.4) is 0 Å². The Morgan fingerprint density at radius 1 is 1.40 bits per heavy atom. The number of hydrogen-bond acceptors (Lipinski definition) is 3. The minimum absolute atomic E-state index is 0.0738. The minimum atomic E-state index is 0.0738. The number of hydrogen-bond donors (Lipinski definition) is 1. The lowest BCUT2D eigenvalue weighted by molar-refractivity contribution is 0.0789. The van der Waals surface area contributed by atoms with Crippen molar-refractivity contribution in [2.24, 2.45) is 11.7 Å². The Morgan fingerprint density at radius 3 is 3.00 bits per heavy atom. The van der Waals surface area contributed by atoms with Crippen molar-refractivity contribution in [2.45, 2.75) is 13.3 Å². The van der Waals surface area contributed by atoms with Crippen LogP contribution < -0.4 is 5.73 Å². The molecule has 1 aliphatic rings. The summed E-state index contributed by atoms with van der Waals surface area (Å²) in [6, 6.07) is 9.76. The Hall–Kier alpha value is -1.94. The molecule has 4 nitrogen and oxygen atoms in total. The molecule has 1 aromatic heterocycles. The molecule has 0 bridgehead atoms. The van der Waals surface area contributed by atoms with Crippen LogP contribution in [0, 0.1) is 12.8 Å². The molecule has 2 N–H and O–H groups in total. The van der Waals surface area contributed by atoms with Gasteiger partial charge in [-0.2, -0.15) is 0 Å². The highest BCUT2D eigenvalue weighted by atomic mass is 16.2. The molecule has 1 fully saturated rings. The molecule has 1 aromatic carbocycles. The SMILES string of the molecule is Cc1ccc2cccc(C(=O)N3CC[C@@H](CN)C3)c2n1. The molecule has 0 aliphatic carbocycles. The molecular formula is C16H19N3O. The molecule has 2 heterocycles. The maximum absolute atomic E-state index is 12.7. The summed E-state index contributed by atoms with van der Waals surface area (Å²) in [5.41, 5.74) is 8.12. The predicted molar refractivity (Wildman–Crippen MR) is 79.5 cm³/mol. The first kappa shape index (κ1) is 13.1. The van der Waals surface area contributed by atoms with Crippen LogP contribution in [0.15, 0.2) is 30.3 Å². The fraction of sp³-hybridized carbons (Fsp3) is 0.375. The number of likely N-dealkylation sites (tertiary alicyclic amines) is 1.